The maximum Gasteiger partial charge on any atom is 0.192 e. The molecule has 0 heterocycles. The van der Waals surface area contributed by atoms with Gasteiger partial charge in [0.2, 0.25) is 0 Å². The number of hydrogen-bond donors (Lipinski definition) is 0. The van der Waals surface area contributed by atoms with Crippen molar-refractivity contribution in [2.45, 2.75) is 64.3 Å². The number of benzene rings is 1. The van der Waals surface area contributed by atoms with Gasteiger partial charge in [-0.3, -0.25) is 0 Å². The van der Waals surface area contributed by atoms with E-state index >= 15 is 0 Å². The first-order valence-electron chi connectivity index (χ1n) is 8.42. The van der Waals surface area contributed by atoms with Crippen molar-refractivity contribution in [2.75, 3.05) is 6.26 Å². The maximum atomic E-state index is 9.08. The van der Waals surface area contributed by atoms with Gasteiger partial charge in [-0.15, -0.1) is 0 Å². The van der Waals surface area contributed by atoms with Crippen LogP contribution in [0.1, 0.15) is 39.2 Å². The van der Waals surface area contributed by atoms with Crippen molar-refractivity contribution >= 4 is 18.4 Å². The molecule has 1 aromatic rings. The Bertz CT molecular complexity index is 598. The molecule has 0 aromatic heterocycles. The van der Waals surface area contributed by atoms with E-state index in [0.717, 1.165) is 5.92 Å². The van der Waals surface area contributed by atoms with Gasteiger partial charge in [0.1, 0.15) is 0 Å². The molecule has 1 aliphatic carbocycles. The third kappa shape index (κ3) is 8.42. The van der Waals surface area contributed by atoms with Gasteiger partial charge >= 0.3 is 0 Å². The highest BCUT2D eigenvalue weighted by molar-refractivity contribution is 7.84. The smallest absolute Gasteiger partial charge is 0.192 e. The second-order valence-electron chi connectivity index (χ2n) is 8.14. The largest absolute Gasteiger partial charge is 0.748 e. The predicted molar refractivity (Wildman–Crippen MR) is 101 cm³/mol. The van der Waals surface area contributed by atoms with Crippen molar-refractivity contribution in [1.29, 1.82) is 0 Å². The van der Waals surface area contributed by atoms with Gasteiger partial charge in [-0.1, -0.05) is 51.1 Å². The summed E-state index contributed by atoms with van der Waals surface area (Å²) in [5.74, 6) is 0.800. The maximum absolute atomic E-state index is 9.08. The van der Waals surface area contributed by atoms with E-state index in [4.69, 9.17) is 17.4 Å². The lowest BCUT2D eigenvalue weighted by Gasteiger charge is -2.36. The van der Waals surface area contributed by atoms with Gasteiger partial charge in [0.25, 0.3) is 0 Å². The van der Waals surface area contributed by atoms with Crippen LogP contribution >= 0.6 is 0 Å². The van der Waals surface area contributed by atoms with Crippen molar-refractivity contribution < 1.29 is 17.4 Å². The Morgan fingerprint density at radius 2 is 1.71 bits per heavy atom. The first kappa shape index (κ1) is 21.3. The quantitative estimate of drug-likeness (QED) is 0.575. The predicted octanol–water partition coefficient (Wildman–Crippen LogP) is 4.19. The van der Waals surface area contributed by atoms with E-state index in [0.29, 0.717) is 17.4 Å². The third-order valence-electron chi connectivity index (χ3n) is 4.76. The minimum atomic E-state index is -3.92. The van der Waals surface area contributed by atoms with Crippen LogP contribution in [0.5, 0.6) is 0 Å². The van der Waals surface area contributed by atoms with Gasteiger partial charge in [0.05, 0.1) is 10.1 Å². The molecule has 0 bridgehead atoms. The van der Waals surface area contributed by atoms with Crippen molar-refractivity contribution in [1.82, 2.24) is 0 Å². The molecular weight excluding hydrogens is 340 g/mol. The van der Waals surface area contributed by atoms with Crippen molar-refractivity contribution in [3.8, 4) is 0 Å². The molecule has 4 nitrogen and oxygen atoms in total. The molecule has 0 N–H and O–H groups in total. The molecule has 138 valence electrons. The zero-order valence-electron chi connectivity index (χ0n) is 15.7. The summed E-state index contributed by atoms with van der Waals surface area (Å²) >= 11 is 0. The average molecular weight is 372 g/mol. The molecule has 0 radical (unpaired) electrons. The lowest BCUT2D eigenvalue weighted by Crippen LogP contribution is -2.41. The van der Waals surface area contributed by atoms with Gasteiger partial charge in [-0.25, -0.2) is 8.42 Å². The second-order valence-corrected chi connectivity index (χ2v) is 14.3. The molecule has 0 amide bonds. The molecule has 1 aromatic carbocycles. The topological polar surface area (TPSA) is 66.4 Å². The minimum absolute atomic E-state index is 0.333. The van der Waals surface area contributed by atoms with Crippen LogP contribution in [0.15, 0.2) is 30.3 Å². The Labute approximate surface area is 148 Å². The zero-order chi connectivity index (χ0) is 18.6. The molecule has 2 unspecified atom stereocenters. The van der Waals surface area contributed by atoms with E-state index in [1.807, 2.05) is 0 Å². The normalized spacial score (nSPS) is 21.0. The number of hydrogen-bond acceptors (Lipinski definition) is 4. The van der Waals surface area contributed by atoms with E-state index in [-0.39, 0.29) is 0 Å². The highest BCUT2D eigenvalue weighted by atomic mass is 32.2. The van der Waals surface area contributed by atoms with E-state index in [9.17, 15) is 0 Å². The van der Waals surface area contributed by atoms with Crippen molar-refractivity contribution in [2.24, 2.45) is 5.92 Å². The summed E-state index contributed by atoms with van der Waals surface area (Å²) in [7, 11) is -5.47. The first-order valence-corrected chi connectivity index (χ1v) is 13.1. The van der Waals surface area contributed by atoms with Crippen LogP contribution in [-0.2, 0) is 21.0 Å². The summed E-state index contributed by atoms with van der Waals surface area (Å²) in [6.07, 6.45) is 4.91. The molecule has 1 aliphatic rings. The van der Waals surface area contributed by atoms with E-state index in [1.54, 1.807) is 0 Å². The van der Waals surface area contributed by atoms with Gasteiger partial charge in [-0.2, -0.15) is 0 Å². The van der Waals surface area contributed by atoms with Crippen LogP contribution in [0.2, 0.25) is 18.1 Å². The lowest BCUT2D eigenvalue weighted by molar-refractivity contribution is 0.254. The van der Waals surface area contributed by atoms with Crippen molar-refractivity contribution in [3.05, 3.63) is 35.9 Å². The van der Waals surface area contributed by atoms with Crippen LogP contribution in [0, 0.1) is 5.92 Å². The fraction of sp³-hybridized carbons (Fsp3) is 0.667. The summed E-state index contributed by atoms with van der Waals surface area (Å²) in [4.78, 5) is 0. The van der Waals surface area contributed by atoms with Crippen molar-refractivity contribution in [3.63, 3.8) is 0 Å². The Hall–Kier alpha value is -0.693. The highest BCUT2D eigenvalue weighted by Gasteiger charge is 2.46. The lowest BCUT2D eigenvalue weighted by atomic mass is 10.1. The van der Waals surface area contributed by atoms with E-state index in [2.05, 4.69) is 64.2 Å². The summed E-state index contributed by atoms with van der Waals surface area (Å²) in [6.45, 7) is 11.7. The monoisotopic (exact) mass is 371 g/mol. The molecule has 0 aliphatic heterocycles. The molecule has 0 saturated heterocycles. The molecule has 2 atom stereocenters. The Morgan fingerprint density at radius 3 is 2.17 bits per heavy atom. The van der Waals surface area contributed by atoms with Crippen LogP contribution in [0.4, 0.5) is 0 Å². The molecule has 6 heteroatoms. The zero-order valence-corrected chi connectivity index (χ0v) is 17.5. The van der Waals surface area contributed by atoms with Crippen LogP contribution in [0.25, 0.3) is 0 Å². The molecule has 0 spiro atoms. The van der Waals surface area contributed by atoms with Crippen LogP contribution < -0.4 is 0 Å². The average Bonchev–Trinajstić information content (AvgIpc) is 3.12. The van der Waals surface area contributed by atoms with Gasteiger partial charge in [0, 0.05) is 12.4 Å². The minimum Gasteiger partial charge on any atom is -0.748 e. The fourth-order valence-corrected chi connectivity index (χ4v) is 3.62. The molecule has 1 saturated carbocycles. The number of rotatable bonds is 5. The van der Waals surface area contributed by atoms with Gasteiger partial charge in [0.15, 0.2) is 8.32 Å². The standard InChI is InChI=1S/C17H28OSi.CH4O3S/c1-17(2,3)19(4,5)18-16-13-15(16)12-11-14-9-7-6-8-10-14;1-5(2,3)4/h6-10,15-16H,11-13H2,1-5H3;1H3,(H,2,3,4)/p-1. The highest BCUT2D eigenvalue weighted by Crippen LogP contribution is 2.45. The van der Waals surface area contributed by atoms with Crippen LogP contribution in [0.3, 0.4) is 0 Å². The van der Waals surface area contributed by atoms with E-state index in [1.165, 1.54) is 24.8 Å². The molecular formula is C18H31O4SSi-. The summed E-state index contributed by atoms with van der Waals surface area (Å²) in [6, 6.07) is 10.8. The summed E-state index contributed by atoms with van der Waals surface area (Å²) < 4.78 is 33.7. The Morgan fingerprint density at radius 1 is 1.21 bits per heavy atom. The fourth-order valence-electron chi connectivity index (χ4n) is 2.22. The van der Waals surface area contributed by atoms with Gasteiger partial charge in [-0.05, 0) is 48.9 Å². The SMILES string of the molecule is CC(C)(C)[Si](C)(C)OC1CC1CCc1ccccc1.CS(=O)(=O)[O-]. The Kier molecular flexibility index (Phi) is 7.23. The third-order valence-corrected chi connectivity index (χ3v) is 9.26. The molecule has 1 fully saturated rings. The Balaban J connectivity index is 0.000000505. The molecule has 24 heavy (non-hydrogen) atoms. The first-order chi connectivity index (χ1) is 10.8. The summed E-state index contributed by atoms with van der Waals surface area (Å²) in [5, 5.41) is 0.333. The summed E-state index contributed by atoms with van der Waals surface area (Å²) in [5.41, 5.74) is 1.46. The molecule has 2 rings (SSSR count). The number of aryl methyl sites for hydroxylation is 1. The van der Waals surface area contributed by atoms with E-state index < -0.39 is 18.4 Å². The van der Waals surface area contributed by atoms with Gasteiger partial charge < -0.3 is 8.98 Å². The second kappa shape index (κ2) is 8.12. The van der Waals surface area contributed by atoms with Crippen LogP contribution in [-0.4, -0.2) is 33.6 Å².